The molecule has 0 bridgehead atoms. The Balaban J connectivity index is 2.82. The third kappa shape index (κ3) is 4.16. The summed E-state index contributed by atoms with van der Waals surface area (Å²) in [5, 5.41) is 22.5. The molecular formula is C13H23NO6. The number of ether oxygens (including phenoxy) is 2. The van der Waals surface area contributed by atoms with Gasteiger partial charge in [-0.05, 0) is 13.3 Å². The van der Waals surface area contributed by atoms with Crippen LogP contribution in [-0.2, 0) is 19.1 Å². The summed E-state index contributed by atoms with van der Waals surface area (Å²) < 4.78 is 10.3. The molecule has 3 N–H and O–H groups in total. The molecule has 1 rings (SSSR count). The molecule has 1 saturated heterocycles. The number of nitrogens with one attached hydrogen (secondary N) is 1. The quantitative estimate of drug-likeness (QED) is 0.600. The summed E-state index contributed by atoms with van der Waals surface area (Å²) >= 11 is 0. The van der Waals surface area contributed by atoms with Gasteiger partial charge in [0.15, 0.2) is 12.4 Å². The van der Waals surface area contributed by atoms with Crippen LogP contribution in [0.2, 0.25) is 0 Å². The van der Waals surface area contributed by atoms with E-state index in [0.717, 1.165) is 0 Å². The van der Waals surface area contributed by atoms with Gasteiger partial charge >= 0.3 is 5.97 Å². The van der Waals surface area contributed by atoms with Crippen LogP contribution in [0.1, 0.15) is 40.0 Å². The fraction of sp³-hybridized carbons (Fsp3) is 0.846. The van der Waals surface area contributed by atoms with E-state index in [2.05, 4.69) is 5.32 Å². The van der Waals surface area contributed by atoms with Gasteiger partial charge in [0, 0.05) is 12.8 Å². The van der Waals surface area contributed by atoms with Crippen molar-refractivity contribution in [1.82, 2.24) is 5.32 Å². The molecule has 1 fully saturated rings. The highest BCUT2D eigenvalue weighted by Gasteiger charge is 2.45. The summed E-state index contributed by atoms with van der Waals surface area (Å²) in [6, 6.07) is -0.976. The van der Waals surface area contributed by atoms with E-state index in [1.165, 1.54) is 0 Å². The van der Waals surface area contributed by atoms with Gasteiger partial charge in [-0.3, -0.25) is 9.59 Å². The van der Waals surface area contributed by atoms with Crippen LogP contribution >= 0.6 is 0 Å². The lowest BCUT2D eigenvalue weighted by Crippen LogP contribution is -2.64. The van der Waals surface area contributed by atoms with Gasteiger partial charge in [-0.25, -0.2) is 0 Å². The third-order valence-electron chi connectivity index (χ3n) is 3.19. The Morgan fingerprint density at radius 1 is 1.30 bits per heavy atom. The first-order valence-electron chi connectivity index (χ1n) is 6.91. The van der Waals surface area contributed by atoms with E-state index in [9.17, 15) is 19.8 Å². The average Bonchev–Trinajstić information content (AvgIpc) is 2.40. The first-order valence-corrected chi connectivity index (χ1v) is 6.91. The van der Waals surface area contributed by atoms with Crippen molar-refractivity contribution in [3.8, 4) is 0 Å². The van der Waals surface area contributed by atoms with E-state index in [1.807, 2.05) is 6.92 Å². The Morgan fingerprint density at radius 3 is 2.50 bits per heavy atom. The molecule has 0 aromatic heterocycles. The summed E-state index contributed by atoms with van der Waals surface area (Å²) in [6.07, 6.45) is -3.09. The highest BCUT2D eigenvalue weighted by atomic mass is 16.6. The fourth-order valence-corrected chi connectivity index (χ4v) is 2.04. The van der Waals surface area contributed by atoms with Crippen molar-refractivity contribution in [2.75, 3.05) is 0 Å². The van der Waals surface area contributed by atoms with Crippen molar-refractivity contribution < 1.29 is 29.3 Å². The summed E-state index contributed by atoms with van der Waals surface area (Å²) in [6.45, 7) is 5.03. The minimum Gasteiger partial charge on any atom is -0.457 e. The zero-order valence-corrected chi connectivity index (χ0v) is 12.0. The number of rotatable bonds is 5. The smallest absolute Gasteiger partial charge is 0.305 e. The Morgan fingerprint density at radius 2 is 1.95 bits per heavy atom. The predicted molar refractivity (Wildman–Crippen MR) is 69.6 cm³/mol. The van der Waals surface area contributed by atoms with Crippen molar-refractivity contribution in [2.45, 2.75) is 70.7 Å². The van der Waals surface area contributed by atoms with Gasteiger partial charge in [-0.15, -0.1) is 0 Å². The number of aliphatic hydroxyl groups excluding tert-OH is 2. The Kier molecular flexibility index (Phi) is 6.38. The molecule has 0 radical (unpaired) electrons. The van der Waals surface area contributed by atoms with Crippen molar-refractivity contribution in [3.05, 3.63) is 0 Å². The Bertz CT molecular complexity index is 348. The number of amides is 1. The molecular weight excluding hydrogens is 266 g/mol. The van der Waals surface area contributed by atoms with Crippen LogP contribution in [0.3, 0.4) is 0 Å². The zero-order chi connectivity index (χ0) is 15.3. The average molecular weight is 289 g/mol. The molecule has 1 unspecified atom stereocenters. The Labute approximate surface area is 118 Å². The van der Waals surface area contributed by atoms with Gasteiger partial charge in [0.05, 0.1) is 6.10 Å². The normalized spacial score (nSPS) is 33.5. The summed E-state index contributed by atoms with van der Waals surface area (Å²) in [7, 11) is 0. The summed E-state index contributed by atoms with van der Waals surface area (Å²) in [4.78, 5) is 23.1. The van der Waals surface area contributed by atoms with Crippen LogP contribution in [0.5, 0.6) is 0 Å². The molecule has 116 valence electrons. The molecule has 7 nitrogen and oxygen atoms in total. The van der Waals surface area contributed by atoms with Crippen LogP contribution in [-0.4, -0.2) is 52.7 Å². The molecule has 0 aliphatic carbocycles. The Hall–Kier alpha value is -1.18. The van der Waals surface area contributed by atoms with E-state index >= 15 is 0 Å². The highest BCUT2D eigenvalue weighted by molar-refractivity contribution is 5.76. The largest absolute Gasteiger partial charge is 0.457 e. The van der Waals surface area contributed by atoms with E-state index in [-0.39, 0.29) is 18.7 Å². The summed E-state index contributed by atoms with van der Waals surface area (Å²) in [5.41, 5.74) is 0. The van der Waals surface area contributed by atoms with Gasteiger partial charge in [0.25, 0.3) is 0 Å². The SMILES string of the molecule is CCCC(=O)N[C@H]1C(O)O[C@H](C)[C@@H](O)[C@@H]1OC(=O)CC. The predicted octanol–water partition coefficient (Wildman–Crippen LogP) is -0.309. The standard InChI is InChI=1S/C13H23NO6/c1-4-6-8(15)14-10-12(20-9(16)5-2)11(17)7(3)19-13(10)18/h7,10-13,17-18H,4-6H2,1-3H3,(H,14,15)/t7-,10-,11-,12-,13?/m1/s1. The first-order chi connectivity index (χ1) is 9.40. The van der Waals surface area contributed by atoms with E-state index in [4.69, 9.17) is 9.47 Å². The topological polar surface area (TPSA) is 105 Å². The van der Waals surface area contributed by atoms with Gasteiger partial charge in [-0.2, -0.15) is 0 Å². The monoisotopic (exact) mass is 289 g/mol. The van der Waals surface area contributed by atoms with Crippen molar-refractivity contribution in [3.63, 3.8) is 0 Å². The lowest BCUT2D eigenvalue weighted by atomic mass is 9.97. The molecule has 1 heterocycles. The second-order valence-electron chi connectivity index (χ2n) is 4.87. The lowest BCUT2D eigenvalue weighted by molar-refractivity contribution is -0.248. The maximum Gasteiger partial charge on any atom is 0.305 e. The molecule has 0 saturated carbocycles. The molecule has 1 aliphatic rings. The van der Waals surface area contributed by atoms with Gasteiger partial charge < -0.3 is 25.0 Å². The van der Waals surface area contributed by atoms with Crippen LogP contribution in [0, 0.1) is 0 Å². The van der Waals surface area contributed by atoms with E-state index < -0.39 is 36.6 Å². The van der Waals surface area contributed by atoms with Crippen molar-refractivity contribution >= 4 is 11.9 Å². The van der Waals surface area contributed by atoms with Crippen LogP contribution in [0.4, 0.5) is 0 Å². The third-order valence-corrected chi connectivity index (χ3v) is 3.19. The molecule has 0 aromatic carbocycles. The number of hydrogen-bond donors (Lipinski definition) is 3. The zero-order valence-electron chi connectivity index (χ0n) is 12.0. The molecule has 1 amide bonds. The van der Waals surface area contributed by atoms with Gasteiger partial charge in [-0.1, -0.05) is 13.8 Å². The number of aliphatic hydroxyl groups is 2. The number of carbonyl (C=O) groups excluding carboxylic acids is 2. The van der Waals surface area contributed by atoms with Crippen molar-refractivity contribution in [2.24, 2.45) is 0 Å². The van der Waals surface area contributed by atoms with Crippen LogP contribution < -0.4 is 5.32 Å². The highest BCUT2D eigenvalue weighted by Crippen LogP contribution is 2.23. The van der Waals surface area contributed by atoms with E-state index in [1.54, 1.807) is 13.8 Å². The second kappa shape index (κ2) is 7.56. The number of hydrogen-bond acceptors (Lipinski definition) is 6. The molecule has 20 heavy (non-hydrogen) atoms. The minimum absolute atomic E-state index is 0.143. The molecule has 0 spiro atoms. The molecule has 1 aliphatic heterocycles. The maximum atomic E-state index is 11.6. The maximum absolute atomic E-state index is 11.6. The van der Waals surface area contributed by atoms with Gasteiger partial charge in [0.1, 0.15) is 12.1 Å². The van der Waals surface area contributed by atoms with Gasteiger partial charge in [0.2, 0.25) is 5.91 Å². The summed E-state index contributed by atoms with van der Waals surface area (Å²) in [5.74, 6) is -0.801. The van der Waals surface area contributed by atoms with Crippen LogP contribution in [0.15, 0.2) is 0 Å². The first kappa shape index (κ1) is 16.9. The number of carbonyl (C=O) groups is 2. The molecule has 7 heteroatoms. The molecule has 0 aromatic rings. The fourth-order valence-electron chi connectivity index (χ4n) is 2.04. The van der Waals surface area contributed by atoms with E-state index in [0.29, 0.717) is 6.42 Å². The van der Waals surface area contributed by atoms with Crippen LogP contribution in [0.25, 0.3) is 0 Å². The van der Waals surface area contributed by atoms with Crippen molar-refractivity contribution in [1.29, 1.82) is 0 Å². The minimum atomic E-state index is -1.33. The second-order valence-corrected chi connectivity index (χ2v) is 4.87. The number of esters is 1. The lowest BCUT2D eigenvalue weighted by Gasteiger charge is -2.41. The molecule has 5 atom stereocenters.